The van der Waals surface area contributed by atoms with Gasteiger partial charge in [0.25, 0.3) is 0 Å². The van der Waals surface area contributed by atoms with Gasteiger partial charge in [0.05, 0.1) is 23.7 Å². The number of hydrogen-bond acceptors (Lipinski definition) is 6. The topological polar surface area (TPSA) is 104 Å². The monoisotopic (exact) mass is 395 g/mol. The normalized spacial score (nSPS) is 18.6. The minimum atomic E-state index is -1.11. The van der Waals surface area contributed by atoms with E-state index in [1.165, 1.54) is 6.21 Å². The van der Waals surface area contributed by atoms with Gasteiger partial charge in [-0.25, -0.2) is 9.37 Å². The van der Waals surface area contributed by atoms with Gasteiger partial charge in [-0.3, -0.25) is 4.99 Å². The summed E-state index contributed by atoms with van der Waals surface area (Å²) in [5.41, 5.74) is 3.51. The van der Waals surface area contributed by atoms with Crippen LogP contribution in [0.2, 0.25) is 0 Å². The fourth-order valence-electron chi connectivity index (χ4n) is 3.48. The number of alkyl halides is 1. The lowest BCUT2D eigenvalue weighted by Gasteiger charge is -2.19. The van der Waals surface area contributed by atoms with Crippen molar-refractivity contribution >= 4 is 17.6 Å². The third-order valence-electron chi connectivity index (χ3n) is 5.07. The van der Waals surface area contributed by atoms with Gasteiger partial charge in [-0.05, 0) is 18.9 Å². The first-order valence-electron chi connectivity index (χ1n) is 9.78. The van der Waals surface area contributed by atoms with E-state index in [-0.39, 0.29) is 11.6 Å². The molecule has 2 N–H and O–H groups in total. The Morgan fingerprint density at radius 2 is 2.14 bits per heavy atom. The molecule has 0 bridgehead atoms. The molecule has 2 atom stereocenters. The lowest BCUT2D eigenvalue weighted by Crippen LogP contribution is -2.27. The van der Waals surface area contributed by atoms with Gasteiger partial charge in [0.15, 0.2) is 0 Å². The zero-order chi connectivity index (χ0) is 21.0. The third-order valence-corrected chi connectivity index (χ3v) is 5.07. The van der Waals surface area contributed by atoms with E-state index in [0.717, 1.165) is 24.1 Å². The lowest BCUT2D eigenvalue weighted by atomic mass is 9.97. The molecule has 0 amide bonds. The quantitative estimate of drug-likeness (QED) is 0.668. The van der Waals surface area contributed by atoms with Gasteiger partial charge in [-0.2, -0.15) is 5.10 Å². The average molecular weight is 395 g/mol. The Morgan fingerprint density at radius 3 is 2.83 bits per heavy atom. The van der Waals surface area contributed by atoms with Gasteiger partial charge in [0.1, 0.15) is 17.7 Å². The van der Waals surface area contributed by atoms with E-state index in [1.54, 1.807) is 25.4 Å². The Bertz CT molecular complexity index is 973. The Morgan fingerprint density at radius 1 is 1.34 bits per heavy atom. The molecule has 0 aliphatic carbocycles. The van der Waals surface area contributed by atoms with Crippen molar-refractivity contribution in [3.63, 3.8) is 0 Å². The van der Waals surface area contributed by atoms with E-state index in [0.29, 0.717) is 35.8 Å². The van der Waals surface area contributed by atoms with Crippen LogP contribution in [-0.4, -0.2) is 43.6 Å². The zero-order valence-corrected chi connectivity index (χ0v) is 17.0. The van der Waals surface area contributed by atoms with Gasteiger partial charge >= 0.3 is 0 Å². The van der Waals surface area contributed by atoms with Gasteiger partial charge in [0.2, 0.25) is 0 Å². The summed E-state index contributed by atoms with van der Waals surface area (Å²) in [6.07, 6.45) is 9.03. The molecular formula is C21H26FN7. The SMILES string of the molecule is CCCc1c(Cn2ccnc2CC2=NC=CC(C)C2F)nnc(C(C)=N)c1C=N. The largest absolute Gasteiger partial charge is 0.329 e. The fourth-order valence-corrected chi connectivity index (χ4v) is 3.48. The second-order valence-electron chi connectivity index (χ2n) is 7.28. The van der Waals surface area contributed by atoms with E-state index in [2.05, 4.69) is 27.1 Å². The van der Waals surface area contributed by atoms with Crippen molar-refractivity contribution in [2.24, 2.45) is 10.9 Å². The van der Waals surface area contributed by atoms with Crippen LogP contribution < -0.4 is 0 Å². The van der Waals surface area contributed by atoms with Gasteiger partial charge < -0.3 is 15.4 Å². The number of aliphatic imine (C=N–C) groups is 1. The standard InChI is InChI=1S/C21H26FN7/c1-4-5-15-16(11-23)21(14(3)24)28-27-18(15)12-29-9-8-26-19(29)10-17-20(22)13(2)6-7-25-17/h6-9,11,13,20,23-24H,4-5,10,12H2,1-3H3. The summed E-state index contributed by atoms with van der Waals surface area (Å²) in [7, 11) is 0. The molecule has 152 valence electrons. The molecule has 0 aromatic carbocycles. The number of imidazole rings is 1. The summed E-state index contributed by atoms with van der Waals surface area (Å²) in [5.74, 6) is 0.516. The zero-order valence-electron chi connectivity index (χ0n) is 17.0. The first kappa shape index (κ1) is 20.7. The minimum absolute atomic E-state index is 0.194. The van der Waals surface area contributed by atoms with Crippen molar-refractivity contribution < 1.29 is 4.39 Å². The Balaban J connectivity index is 1.93. The van der Waals surface area contributed by atoms with Crippen LogP contribution >= 0.6 is 0 Å². The van der Waals surface area contributed by atoms with Crippen molar-refractivity contribution in [1.82, 2.24) is 19.7 Å². The van der Waals surface area contributed by atoms with E-state index in [4.69, 9.17) is 10.8 Å². The van der Waals surface area contributed by atoms with Crippen LogP contribution in [0.15, 0.2) is 29.7 Å². The van der Waals surface area contributed by atoms with Gasteiger partial charge in [0, 0.05) is 42.7 Å². The number of nitrogens with one attached hydrogen (secondary N) is 2. The summed E-state index contributed by atoms with van der Waals surface area (Å²) in [6.45, 7) is 5.97. The minimum Gasteiger partial charge on any atom is -0.329 e. The van der Waals surface area contributed by atoms with E-state index in [9.17, 15) is 4.39 Å². The Kier molecular flexibility index (Phi) is 6.41. The molecule has 29 heavy (non-hydrogen) atoms. The van der Waals surface area contributed by atoms with Crippen LogP contribution in [0.1, 0.15) is 55.5 Å². The van der Waals surface area contributed by atoms with E-state index < -0.39 is 6.17 Å². The molecule has 2 aromatic rings. The second-order valence-corrected chi connectivity index (χ2v) is 7.28. The summed E-state index contributed by atoms with van der Waals surface area (Å²) < 4.78 is 16.4. The van der Waals surface area contributed by atoms with Crippen LogP contribution in [0.25, 0.3) is 0 Å². The molecule has 3 heterocycles. The maximum atomic E-state index is 14.5. The van der Waals surface area contributed by atoms with Crippen molar-refractivity contribution in [2.45, 2.75) is 52.8 Å². The first-order valence-corrected chi connectivity index (χ1v) is 9.78. The molecule has 7 nitrogen and oxygen atoms in total. The molecule has 0 spiro atoms. The third kappa shape index (κ3) is 4.36. The van der Waals surface area contributed by atoms with Crippen LogP contribution in [0.3, 0.4) is 0 Å². The number of hydrogen-bond donors (Lipinski definition) is 2. The number of rotatable bonds is 8. The highest BCUT2D eigenvalue weighted by molar-refractivity contribution is 6.02. The van der Waals surface area contributed by atoms with Crippen LogP contribution in [0, 0.1) is 16.7 Å². The summed E-state index contributed by atoms with van der Waals surface area (Å²) in [5, 5.41) is 24.3. The molecule has 0 saturated carbocycles. The molecule has 0 fully saturated rings. The summed E-state index contributed by atoms with van der Waals surface area (Å²) in [4.78, 5) is 8.61. The van der Waals surface area contributed by atoms with Crippen molar-refractivity contribution in [1.29, 1.82) is 10.8 Å². The lowest BCUT2D eigenvalue weighted by molar-refractivity contribution is 0.352. The Labute approximate surface area is 169 Å². The number of halogens is 1. The molecule has 8 heteroatoms. The summed E-state index contributed by atoms with van der Waals surface area (Å²) >= 11 is 0. The molecule has 0 radical (unpaired) electrons. The molecule has 1 aliphatic heterocycles. The number of nitrogens with zero attached hydrogens (tertiary/aromatic N) is 5. The van der Waals surface area contributed by atoms with Crippen molar-refractivity contribution in [3.8, 4) is 0 Å². The molecular weight excluding hydrogens is 369 g/mol. The van der Waals surface area contributed by atoms with E-state index >= 15 is 0 Å². The average Bonchev–Trinajstić information content (AvgIpc) is 3.13. The second kappa shape index (κ2) is 8.98. The first-order chi connectivity index (χ1) is 14.0. The Hall–Kier alpha value is -3.03. The molecule has 2 unspecified atom stereocenters. The maximum absolute atomic E-state index is 14.5. The molecule has 1 aliphatic rings. The highest BCUT2D eigenvalue weighted by Crippen LogP contribution is 2.21. The highest BCUT2D eigenvalue weighted by atomic mass is 19.1. The van der Waals surface area contributed by atoms with Crippen molar-refractivity contribution in [2.75, 3.05) is 0 Å². The van der Waals surface area contributed by atoms with Crippen LogP contribution in [0.4, 0.5) is 4.39 Å². The molecule has 0 saturated heterocycles. The van der Waals surface area contributed by atoms with Crippen LogP contribution in [0.5, 0.6) is 0 Å². The number of aromatic nitrogens is 4. The molecule has 3 rings (SSSR count). The fraction of sp³-hybridized carbons (Fsp3) is 0.429. The summed E-state index contributed by atoms with van der Waals surface area (Å²) in [6, 6.07) is 0. The highest BCUT2D eigenvalue weighted by Gasteiger charge is 2.25. The predicted octanol–water partition coefficient (Wildman–Crippen LogP) is 3.54. The van der Waals surface area contributed by atoms with Crippen LogP contribution in [-0.2, 0) is 19.4 Å². The smallest absolute Gasteiger partial charge is 0.145 e. The molecule has 2 aromatic heterocycles. The van der Waals surface area contributed by atoms with Gasteiger partial charge in [-0.15, -0.1) is 5.10 Å². The van der Waals surface area contributed by atoms with Gasteiger partial charge in [-0.1, -0.05) is 26.3 Å². The number of allylic oxidation sites excluding steroid dienone is 1. The van der Waals surface area contributed by atoms with Crippen molar-refractivity contribution in [3.05, 3.63) is 53.0 Å². The predicted molar refractivity (Wildman–Crippen MR) is 112 cm³/mol. The van der Waals surface area contributed by atoms with E-state index in [1.807, 2.05) is 17.7 Å². The maximum Gasteiger partial charge on any atom is 0.145 e.